The van der Waals surface area contributed by atoms with Crippen LogP contribution < -0.4 is 14.8 Å². The number of fused-ring (bicyclic) bond motifs is 3. The monoisotopic (exact) mass is 671 g/mol. The van der Waals surface area contributed by atoms with Crippen LogP contribution in [0, 0.1) is 19.6 Å². The molecule has 42 heavy (non-hydrogen) atoms. The number of halogens is 1. The summed E-state index contributed by atoms with van der Waals surface area (Å²) in [5.74, 6) is 2.23. The Balaban J connectivity index is 1.16. The molecular formula is C34H30IN3O4. The molecule has 6 rings (SSSR count). The quantitative estimate of drug-likeness (QED) is 0.0633. The SMILES string of the molecule is CCOc1cc(C=Nc2ccc([C@@H]3Nc4ccccc4[C@H]4C=CC[C@@H]43)cc2)cc(I)c1OCc1ccc([N+](=O)[O-])cc1. The lowest BCUT2D eigenvalue weighted by atomic mass is 9.77. The lowest BCUT2D eigenvalue weighted by Crippen LogP contribution is -2.28. The summed E-state index contributed by atoms with van der Waals surface area (Å²) >= 11 is 2.24. The molecular weight excluding hydrogens is 641 g/mol. The van der Waals surface area contributed by atoms with Crippen LogP contribution >= 0.6 is 22.6 Å². The first kappa shape index (κ1) is 28.0. The molecule has 0 radical (unpaired) electrons. The molecule has 1 N–H and O–H groups in total. The van der Waals surface area contributed by atoms with Crippen molar-refractivity contribution in [2.24, 2.45) is 10.9 Å². The van der Waals surface area contributed by atoms with Crippen molar-refractivity contribution in [1.29, 1.82) is 0 Å². The van der Waals surface area contributed by atoms with Gasteiger partial charge in [0.2, 0.25) is 0 Å². The summed E-state index contributed by atoms with van der Waals surface area (Å²) in [7, 11) is 0. The van der Waals surface area contributed by atoms with Gasteiger partial charge in [-0.25, -0.2) is 0 Å². The third-order valence-corrected chi connectivity index (χ3v) is 8.55. The molecule has 3 atom stereocenters. The molecule has 1 heterocycles. The van der Waals surface area contributed by atoms with Gasteiger partial charge in [0.1, 0.15) is 6.61 Å². The van der Waals surface area contributed by atoms with Gasteiger partial charge in [-0.3, -0.25) is 15.1 Å². The highest BCUT2D eigenvalue weighted by atomic mass is 127. The highest BCUT2D eigenvalue weighted by molar-refractivity contribution is 14.1. The van der Waals surface area contributed by atoms with E-state index in [0.29, 0.717) is 29.9 Å². The summed E-state index contributed by atoms with van der Waals surface area (Å²) in [5.41, 5.74) is 6.54. The van der Waals surface area contributed by atoms with Crippen molar-refractivity contribution in [2.45, 2.75) is 31.9 Å². The number of anilines is 1. The average Bonchev–Trinajstić information content (AvgIpc) is 3.50. The van der Waals surface area contributed by atoms with Crippen LogP contribution in [0.2, 0.25) is 0 Å². The number of nitro benzene ring substituents is 1. The number of nitrogens with zero attached hydrogens (tertiary/aromatic N) is 2. The van der Waals surface area contributed by atoms with Crippen molar-refractivity contribution < 1.29 is 14.4 Å². The van der Waals surface area contributed by atoms with Gasteiger partial charge < -0.3 is 14.8 Å². The van der Waals surface area contributed by atoms with Crippen molar-refractivity contribution in [1.82, 2.24) is 0 Å². The van der Waals surface area contributed by atoms with Crippen LogP contribution in [-0.2, 0) is 6.61 Å². The largest absolute Gasteiger partial charge is 0.490 e. The van der Waals surface area contributed by atoms with Crippen LogP contribution in [0.4, 0.5) is 17.1 Å². The minimum Gasteiger partial charge on any atom is -0.490 e. The topological polar surface area (TPSA) is 86.0 Å². The minimum atomic E-state index is -0.412. The maximum atomic E-state index is 10.9. The average molecular weight is 672 g/mol. The highest BCUT2D eigenvalue weighted by Gasteiger charge is 2.37. The molecule has 4 aromatic carbocycles. The third-order valence-electron chi connectivity index (χ3n) is 7.75. The maximum absolute atomic E-state index is 10.9. The molecule has 1 aliphatic heterocycles. The Labute approximate surface area is 258 Å². The molecule has 0 spiro atoms. The fourth-order valence-corrected chi connectivity index (χ4v) is 6.51. The molecule has 1 aliphatic carbocycles. The molecule has 7 nitrogen and oxygen atoms in total. The van der Waals surface area contributed by atoms with Crippen molar-refractivity contribution >= 4 is 45.9 Å². The zero-order chi connectivity index (χ0) is 29.1. The van der Waals surface area contributed by atoms with Gasteiger partial charge in [0.25, 0.3) is 5.69 Å². The second-order valence-corrected chi connectivity index (χ2v) is 11.5. The Kier molecular flexibility index (Phi) is 8.23. The number of allylic oxidation sites excluding steroid dienone is 2. The molecule has 0 saturated heterocycles. The zero-order valence-electron chi connectivity index (χ0n) is 23.1. The number of non-ortho nitro benzene ring substituents is 1. The fraction of sp³-hybridized carbons (Fsp3) is 0.206. The van der Waals surface area contributed by atoms with E-state index in [-0.39, 0.29) is 18.3 Å². The molecule has 0 bridgehead atoms. The zero-order valence-corrected chi connectivity index (χ0v) is 25.2. The second-order valence-electron chi connectivity index (χ2n) is 10.4. The summed E-state index contributed by atoms with van der Waals surface area (Å²) in [6, 6.07) is 27.7. The number of para-hydroxylation sites is 1. The van der Waals surface area contributed by atoms with E-state index in [9.17, 15) is 10.1 Å². The van der Waals surface area contributed by atoms with E-state index in [1.165, 1.54) is 28.9 Å². The second kappa shape index (κ2) is 12.4. The van der Waals surface area contributed by atoms with Crippen LogP contribution in [0.5, 0.6) is 11.5 Å². The summed E-state index contributed by atoms with van der Waals surface area (Å²) in [6.07, 6.45) is 7.59. The number of hydrogen-bond acceptors (Lipinski definition) is 6. The van der Waals surface area contributed by atoms with Gasteiger partial charge in [-0.1, -0.05) is 42.5 Å². The van der Waals surface area contributed by atoms with Crippen molar-refractivity contribution in [3.05, 3.63) is 133 Å². The number of nitrogens with one attached hydrogen (secondary N) is 1. The summed E-state index contributed by atoms with van der Waals surface area (Å²) in [5, 5.41) is 14.7. The minimum absolute atomic E-state index is 0.0535. The van der Waals surface area contributed by atoms with E-state index < -0.39 is 4.92 Å². The number of ether oxygens (including phenoxy) is 2. The Bertz CT molecular complexity index is 1650. The molecule has 0 fully saturated rings. The van der Waals surface area contributed by atoms with Crippen LogP contribution in [0.15, 0.2) is 102 Å². The van der Waals surface area contributed by atoms with Gasteiger partial charge in [-0.15, -0.1) is 0 Å². The van der Waals surface area contributed by atoms with Crippen LogP contribution in [0.1, 0.15) is 47.6 Å². The van der Waals surface area contributed by atoms with Gasteiger partial charge in [0.15, 0.2) is 11.5 Å². The molecule has 0 saturated carbocycles. The third kappa shape index (κ3) is 5.90. The van der Waals surface area contributed by atoms with Crippen LogP contribution in [-0.4, -0.2) is 17.7 Å². The van der Waals surface area contributed by atoms with Crippen molar-refractivity contribution in [2.75, 3.05) is 11.9 Å². The molecule has 2 aliphatic rings. The number of aliphatic imine (C=N–C) groups is 1. The smallest absolute Gasteiger partial charge is 0.269 e. The van der Waals surface area contributed by atoms with Crippen molar-refractivity contribution in [3.63, 3.8) is 0 Å². The highest BCUT2D eigenvalue weighted by Crippen LogP contribution is 2.49. The van der Waals surface area contributed by atoms with Crippen LogP contribution in [0.3, 0.4) is 0 Å². The lowest BCUT2D eigenvalue weighted by Gasteiger charge is -2.37. The Morgan fingerprint density at radius 1 is 1.05 bits per heavy atom. The Morgan fingerprint density at radius 3 is 2.60 bits per heavy atom. The van der Waals surface area contributed by atoms with E-state index in [2.05, 4.69) is 88.6 Å². The first-order valence-corrected chi connectivity index (χ1v) is 15.1. The number of benzene rings is 4. The number of rotatable bonds is 9. The van der Waals surface area contributed by atoms with E-state index in [1.807, 2.05) is 25.3 Å². The van der Waals surface area contributed by atoms with E-state index in [1.54, 1.807) is 12.1 Å². The van der Waals surface area contributed by atoms with Crippen LogP contribution in [0.25, 0.3) is 0 Å². The van der Waals surface area contributed by atoms with Gasteiger partial charge >= 0.3 is 0 Å². The first-order valence-electron chi connectivity index (χ1n) is 14.0. The molecule has 0 amide bonds. The van der Waals surface area contributed by atoms with E-state index in [4.69, 9.17) is 14.5 Å². The summed E-state index contributed by atoms with van der Waals surface area (Å²) in [6.45, 7) is 2.69. The Morgan fingerprint density at radius 2 is 1.83 bits per heavy atom. The predicted octanol–water partition coefficient (Wildman–Crippen LogP) is 8.75. The molecule has 8 heteroatoms. The summed E-state index contributed by atoms with van der Waals surface area (Å²) < 4.78 is 12.9. The standard InChI is InChI=1S/C34H30IN3O4/c1-2-41-32-19-23(18-30(35)34(32)42-21-22-10-16-26(17-11-22)38(39)40)20-36-25-14-12-24(13-15-25)33-29-8-5-7-27(29)28-6-3-4-9-31(28)37-33/h3-7,9-20,27,29,33,37H,2,8,21H2,1H3/t27-,29+,33+/m1/s1. The van der Waals surface area contributed by atoms with Gasteiger partial charge in [-0.05, 0) is 107 Å². The molecule has 212 valence electrons. The summed E-state index contributed by atoms with van der Waals surface area (Å²) in [4.78, 5) is 15.3. The van der Waals surface area contributed by atoms with Crippen molar-refractivity contribution in [3.8, 4) is 11.5 Å². The van der Waals surface area contributed by atoms with E-state index in [0.717, 1.165) is 26.8 Å². The van der Waals surface area contributed by atoms with Gasteiger partial charge in [0.05, 0.1) is 26.8 Å². The lowest BCUT2D eigenvalue weighted by molar-refractivity contribution is -0.384. The molecule has 4 aromatic rings. The molecule has 0 unspecified atom stereocenters. The normalized spacial score (nSPS) is 18.8. The first-order chi connectivity index (χ1) is 20.5. The molecule has 0 aromatic heterocycles. The predicted molar refractivity (Wildman–Crippen MR) is 174 cm³/mol. The van der Waals surface area contributed by atoms with Gasteiger partial charge in [0, 0.05) is 30.0 Å². The fourth-order valence-electron chi connectivity index (χ4n) is 5.73. The van der Waals surface area contributed by atoms with E-state index >= 15 is 0 Å². The number of nitro groups is 1. The Hall–Kier alpha value is -4.18. The van der Waals surface area contributed by atoms with Gasteiger partial charge in [-0.2, -0.15) is 0 Å². The maximum Gasteiger partial charge on any atom is 0.269 e. The number of hydrogen-bond donors (Lipinski definition) is 1.